The minimum absolute atomic E-state index is 0.291. The average molecular weight is 322 g/mol. The topological polar surface area (TPSA) is 51.5 Å². The van der Waals surface area contributed by atoms with E-state index >= 15 is 0 Å². The number of nitrogens with zero attached hydrogens (tertiary/aromatic N) is 3. The van der Waals surface area contributed by atoms with E-state index in [9.17, 15) is 0 Å². The zero-order chi connectivity index (χ0) is 16.5. The Balaban J connectivity index is 1.74. The van der Waals surface area contributed by atoms with E-state index < -0.39 is 0 Å². The SMILES string of the molecule is Cc1cc(NCC2CCCO2)n2nc(-c3ccccc3)c(C)c2n1. The van der Waals surface area contributed by atoms with Gasteiger partial charge in [0.05, 0.1) is 11.8 Å². The van der Waals surface area contributed by atoms with Crippen LogP contribution in [-0.2, 0) is 4.74 Å². The minimum Gasteiger partial charge on any atom is -0.376 e. The zero-order valence-corrected chi connectivity index (χ0v) is 14.1. The number of hydrogen-bond acceptors (Lipinski definition) is 4. The summed E-state index contributed by atoms with van der Waals surface area (Å²) in [6.07, 6.45) is 2.56. The molecule has 5 nitrogen and oxygen atoms in total. The molecule has 0 saturated carbocycles. The van der Waals surface area contributed by atoms with Gasteiger partial charge in [0.15, 0.2) is 5.65 Å². The molecule has 0 radical (unpaired) electrons. The summed E-state index contributed by atoms with van der Waals surface area (Å²) in [5, 5.41) is 8.32. The number of fused-ring (bicyclic) bond motifs is 1. The van der Waals surface area contributed by atoms with Crippen LogP contribution in [-0.4, -0.2) is 33.9 Å². The lowest BCUT2D eigenvalue weighted by Crippen LogP contribution is -2.20. The van der Waals surface area contributed by atoms with E-state index in [0.717, 1.165) is 60.0 Å². The van der Waals surface area contributed by atoms with Gasteiger partial charge in [0, 0.05) is 36.0 Å². The molecule has 3 aromatic rings. The molecule has 24 heavy (non-hydrogen) atoms. The van der Waals surface area contributed by atoms with Crippen molar-refractivity contribution in [2.45, 2.75) is 32.8 Å². The van der Waals surface area contributed by atoms with Gasteiger partial charge in [-0.1, -0.05) is 30.3 Å². The Morgan fingerprint density at radius 2 is 2.08 bits per heavy atom. The molecule has 4 rings (SSSR count). The summed E-state index contributed by atoms with van der Waals surface area (Å²) in [7, 11) is 0. The first-order valence-electron chi connectivity index (χ1n) is 8.50. The van der Waals surface area contributed by atoms with Gasteiger partial charge in [-0.2, -0.15) is 9.61 Å². The van der Waals surface area contributed by atoms with Crippen LogP contribution >= 0.6 is 0 Å². The highest BCUT2D eigenvalue weighted by Gasteiger charge is 2.18. The third-order valence-corrected chi connectivity index (χ3v) is 4.53. The molecule has 1 aromatic carbocycles. The molecule has 1 fully saturated rings. The van der Waals surface area contributed by atoms with Gasteiger partial charge in [-0.15, -0.1) is 0 Å². The predicted octanol–water partition coefficient (Wildman–Crippen LogP) is 3.60. The summed E-state index contributed by atoms with van der Waals surface area (Å²) in [4.78, 5) is 4.69. The van der Waals surface area contributed by atoms with Crippen LogP contribution in [0.4, 0.5) is 5.82 Å². The van der Waals surface area contributed by atoms with E-state index in [4.69, 9.17) is 14.8 Å². The van der Waals surface area contributed by atoms with Crippen molar-refractivity contribution < 1.29 is 4.74 Å². The van der Waals surface area contributed by atoms with Crippen molar-refractivity contribution in [3.63, 3.8) is 0 Å². The summed E-state index contributed by atoms with van der Waals surface area (Å²) < 4.78 is 7.62. The number of nitrogens with one attached hydrogen (secondary N) is 1. The van der Waals surface area contributed by atoms with Crippen LogP contribution in [0, 0.1) is 13.8 Å². The van der Waals surface area contributed by atoms with Crippen LogP contribution in [0.3, 0.4) is 0 Å². The second-order valence-corrected chi connectivity index (χ2v) is 6.37. The number of ether oxygens (including phenoxy) is 1. The second kappa shape index (κ2) is 6.24. The number of aromatic nitrogens is 3. The Bertz CT molecular complexity index is 851. The van der Waals surface area contributed by atoms with Crippen molar-refractivity contribution >= 4 is 11.5 Å². The molecule has 1 aliphatic rings. The monoisotopic (exact) mass is 322 g/mol. The highest BCUT2D eigenvalue weighted by atomic mass is 16.5. The molecule has 124 valence electrons. The first kappa shape index (κ1) is 15.1. The molecular weight excluding hydrogens is 300 g/mol. The van der Waals surface area contributed by atoms with Crippen LogP contribution in [0.25, 0.3) is 16.9 Å². The van der Waals surface area contributed by atoms with Gasteiger partial charge < -0.3 is 10.1 Å². The van der Waals surface area contributed by atoms with E-state index in [-0.39, 0.29) is 0 Å². The molecule has 0 spiro atoms. The van der Waals surface area contributed by atoms with Gasteiger partial charge in [-0.3, -0.25) is 0 Å². The van der Waals surface area contributed by atoms with Gasteiger partial charge in [-0.25, -0.2) is 4.98 Å². The maximum atomic E-state index is 5.71. The molecule has 3 heterocycles. The van der Waals surface area contributed by atoms with Crippen molar-refractivity contribution in [2.24, 2.45) is 0 Å². The molecule has 1 unspecified atom stereocenters. The molecule has 1 atom stereocenters. The van der Waals surface area contributed by atoms with Crippen molar-refractivity contribution in [2.75, 3.05) is 18.5 Å². The number of rotatable bonds is 4. The van der Waals surface area contributed by atoms with E-state index in [1.807, 2.05) is 35.7 Å². The standard InChI is InChI=1S/C19H22N4O/c1-13-11-17(20-12-16-9-6-10-24-16)23-19(21-13)14(2)18(22-23)15-7-4-3-5-8-15/h3-5,7-8,11,16,20H,6,9-10,12H2,1-2H3. The summed E-state index contributed by atoms with van der Waals surface area (Å²) in [6.45, 7) is 5.78. The molecular formula is C19H22N4O. The van der Waals surface area contributed by atoms with Gasteiger partial charge >= 0.3 is 0 Å². The molecule has 0 bridgehead atoms. The van der Waals surface area contributed by atoms with Gasteiger partial charge in [0.1, 0.15) is 5.82 Å². The third kappa shape index (κ3) is 2.76. The highest BCUT2D eigenvalue weighted by molar-refractivity contribution is 5.71. The molecule has 5 heteroatoms. The molecule has 0 aliphatic carbocycles. The summed E-state index contributed by atoms with van der Waals surface area (Å²) in [5.74, 6) is 0.971. The van der Waals surface area contributed by atoms with E-state index in [1.165, 1.54) is 0 Å². The molecule has 1 saturated heterocycles. The maximum absolute atomic E-state index is 5.71. The molecule has 1 N–H and O–H groups in total. The number of benzene rings is 1. The van der Waals surface area contributed by atoms with E-state index in [1.54, 1.807) is 0 Å². The third-order valence-electron chi connectivity index (χ3n) is 4.53. The number of hydrogen-bond donors (Lipinski definition) is 1. The lowest BCUT2D eigenvalue weighted by molar-refractivity contribution is 0.120. The smallest absolute Gasteiger partial charge is 0.161 e. The van der Waals surface area contributed by atoms with E-state index in [2.05, 4.69) is 24.4 Å². The Hall–Kier alpha value is -2.40. The van der Waals surface area contributed by atoms with Crippen LogP contribution in [0.15, 0.2) is 36.4 Å². The summed E-state index contributed by atoms with van der Waals surface area (Å²) in [5.41, 5.74) is 5.09. The summed E-state index contributed by atoms with van der Waals surface area (Å²) in [6, 6.07) is 12.3. The lowest BCUT2D eigenvalue weighted by Gasteiger charge is -2.13. The Kier molecular flexibility index (Phi) is 3.94. The normalized spacial score (nSPS) is 17.5. The average Bonchev–Trinajstić information content (AvgIpc) is 3.22. The predicted molar refractivity (Wildman–Crippen MR) is 95.4 cm³/mol. The first-order valence-corrected chi connectivity index (χ1v) is 8.50. The zero-order valence-electron chi connectivity index (χ0n) is 14.1. The molecule has 1 aliphatic heterocycles. The second-order valence-electron chi connectivity index (χ2n) is 6.37. The van der Waals surface area contributed by atoms with Gasteiger partial charge in [0.25, 0.3) is 0 Å². The molecule has 0 amide bonds. The Morgan fingerprint density at radius 1 is 1.25 bits per heavy atom. The number of aryl methyl sites for hydroxylation is 2. The van der Waals surface area contributed by atoms with Crippen LogP contribution in [0.2, 0.25) is 0 Å². The van der Waals surface area contributed by atoms with E-state index in [0.29, 0.717) is 6.10 Å². The van der Waals surface area contributed by atoms with Crippen molar-refractivity contribution in [1.82, 2.24) is 14.6 Å². The number of anilines is 1. The Labute approximate surface area is 141 Å². The first-order chi connectivity index (χ1) is 11.7. The fraction of sp³-hybridized carbons (Fsp3) is 0.368. The highest BCUT2D eigenvalue weighted by Crippen LogP contribution is 2.26. The van der Waals surface area contributed by atoms with Crippen molar-refractivity contribution in [1.29, 1.82) is 0 Å². The largest absolute Gasteiger partial charge is 0.376 e. The van der Waals surface area contributed by atoms with Gasteiger partial charge in [0.2, 0.25) is 0 Å². The Morgan fingerprint density at radius 3 is 2.83 bits per heavy atom. The molecule has 2 aromatic heterocycles. The summed E-state index contributed by atoms with van der Waals surface area (Å²) >= 11 is 0. The van der Waals surface area contributed by atoms with Crippen LogP contribution < -0.4 is 5.32 Å². The van der Waals surface area contributed by atoms with Crippen molar-refractivity contribution in [3.8, 4) is 11.3 Å². The quantitative estimate of drug-likeness (QED) is 0.797. The maximum Gasteiger partial charge on any atom is 0.161 e. The van der Waals surface area contributed by atoms with Crippen molar-refractivity contribution in [3.05, 3.63) is 47.7 Å². The van der Waals surface area contributed by atoms with Crippen LogP contribution in [0.5, 0.6) is 0 Å². The lowest BCUT2D eigenvalue weighted by atomic mass is 10.1. The minimum atomic E-state index is 0.291. The van der Waals surface area contributed by atoms with Gasteiger partial charge in [-0.05, 0) is 26.7 Å². The fourth-order valence-electron chi connectivity index (χ4n) is 3.26. The van der Waals surface area contributed by atoms with Crippen LogP contribution in [0.1, 0.15) is 24.1 Å². The fourth-order valence-corrected chi connectivity index (χ4v) is 3.26.